The van der Waals surface area contributed by atoms with E-state index in [1.165, 1.54) is 29.1 Å². The van der Waals surface area contributed by atoms with Gasteiger partial charge >= 0.3 is 0 Å². The van der Waals surface area contributed by atoms with E-state index in [1.807, 2.05) is 11.0 Å². The lowest BCUT2D eigenvalue weighted by Gasteiger charge is -2.20. The molecular formula is C17H20N2O2. The van der Waals surface area contributed by atoms with Crippen LogP contribution in [-0.4, -0.2) is 34.7 Å². The summed E-state index contributed by atoms with van der Waals surface area (Å²) in [4.78, 5) is 28.5. The molecule has 0 atom stereocenters. The van der Waals surface area contributed by atoms with Gasteiger partial charge in [0.2, 0.25) is 5.91 Å². The first kappa shape index (κ1) is 13.9. The number of benzene rings is 1. The van der Waals surface area contributed by atoms with Crippen molar-refractivity contribution in [2.45, 2.75) is 32.6 Å². The minimum absolute atomic E-state index is 0.0781. The molecule has 4 heteroatoms. The van der Waals surface area contributed by atoms with Crippen LogP contribution in [0.15, 0.2) is 24.3 Å². The summed E-state index contributed by atoms with van der Waals surface area (Å²) in [5.74, 6) is 0.175. The molecule has 0 bridgehead atoms. The van der Waals surface area contributed by atoms with Crippen LogP contribution in [0, 0.1) is 0 Å². The van der Waals surface area contributed by atoms with Crippen LogP contribution in [0.3, 0.4) is 0 Å². The summed E-state index contributed by atoms with van der Waals surface area (Å²) in [5, 5.41) is 1.27. The van der Waals surface area contributed by atoms with Crippen LogP contribution >= 0.6 is 0 Å². The predicted octanol–water partition coefficient (Wildman–Crippen LogP) is 2.46. The van der Waals surface area contributed by atoms with Gasteiger partial charge in [-0.25, -0.2) is 0 Å². The maximum absolute atomic E-state index is 12.2. The van der Waals surface area contributed by atoms with Crippen molar-refractivity contribution in [3.8, 4) is 0 Å². The van der Waals surface area contributed by atoms with Gasteiger partial charge in [-0.1, -0.05) is 18.2 Å². The number of hydrogen-bond acceptors (Lipinski definition) is 2. The maximum atomic E-state index is 12.2. The van der Waals surface area contributed by atoms with E-state index in [4.69, 9.17) is 0 Å². The molecule has 2 heterocycles. The van der Waals surface area contributed by atoms with E-state index in [-0.39, 0.29) is 11.7 Å². The fourth-order valence-electron chi connectivity index (χ4n) is 3.05. The number of aromatic amines is 1. The van der Waals surface area contributed by atoms with Crippen LogP contribution in [0.1, 0.15) is 31.0 Å². The molecule has 0 saturated heterocycles. The standard InChI is InChI=1S/C17H20N2O2/c1-12(20)6-7-17(21)19-10-8-14-13-4-2-3-5-15(13)18-16(14)9-11-19/h2-5,18H,6-11H2,1H3. The lowest BCUT2D eigenvalue weighted by molar-refractivity contribution is -0.132. The fourth-order valence-corrected chi connectivity index (χ4v) is 3.05. The Morgan fingerprint density at radius 3 is 2.71 bits per heavy atom. The second kappa shape index (κ2) is 5.72. The molecule has 0 spiro atoms. The maximum Gasteiger partial charge on any atom is 0.223 e. The smallest absolute Gasteiger partial charge is 0.223 e. The van der Waals surface area contributed by atoms with Gasteiger partial charge in [-0.3, -0.25) is 4.79 Å². The second-order valence-electron chi connectivity index (χ2n) is 5.71. The summed E-state index contributed by atoms with van der Waals surface area (Å²) >= 11 is 0. The number of rotatable bonds is 3. The second-order valence-corrected chi connectivity index (χ2v) is 5.71. The van der Waals surface area contributed by atoms with E-state index in [0.29, 0.717) is 12.8 Å². The van der Waals surface area contributed by atoms with Crippen molar-refractivity contribution in [1.29, 1.82) is 0 Å². The third-order valence-electron chi connectivity index (χ3n) is 4.21. The van der Waals surface area contributed by atoms with Crippen LogP contribution in [-0.2, 0) is 22.4 Å². The van der Waals surface area contributed by atoms with Crippen molar-refractivity contribution in [2.24, 2.45) is 0 Å². The highest BCUT2D eigenvalue weighted by Crippen LogP contribution is 2.25. The predicted molar refractivity (Wildman–Crippen MR) is 82.2 cm³/mol. The molecular weight excluding hydrogens is 264 g/mol. The lowest BCUT2D eigenvalue weighted by atomic mass is 10.1. The Bertz CT molecular complexity index is 687. The largest absolute Gasteiger partial charge is 0.358 e. The fraction of sp³-hybridized carbons (Fsp3) is 0.412. The van der Waals surface area contributed by atoms with Crippen molar-refractivity contribution >= 4 is 22.6 Å². The first-order valence-corrected chi connectivity index (χ1v) is 7.51. The Morgan fingerprint density at radius 2 is 1.90 bits per heavy atom. The number of ketones is 1. The zero-order chi connectivity index (χ0) is 14.8. The quantitative estimate of drug-likeness (QED) is 0.941. The highest BCUT2D eigenvalue weighted by atomic mass is 16.2. The molecule has 0 fully saturated rings. The SMILES string of the molecule is CC(=O)CCC(=O)N1CCc2[nH]c3ccccc3c2CC1. The molecule has 110 valence electrons. The summed E-state index contributed by atoms with van der Waals surface area (Å²) in [6.45, 7) is 3.01. The number of fused-ring (bicyclic) bond motifs is 3. The first-order valence-electron chi connectivity index (χ1n) is 7.51. The highest BCUT2D eigenvalue weighted by Gasteiger charge is 2.21. The van der Waals surface area contributed by atoms with Gasteiger partial charge in [-0.2, -0.15) is 0 Å². The summed E-state index contributed by atoms with van der Waals surface area (Å²) in [6, 6.07) is 8.32. The average molecular weight is 284 g/mol. The van der Waals surface area contributed by atoms with Crippen LogP contribution in [0.5, 0.6) is 0 Å². The zero-order valence-corrected chi connectivity index (χ0v) is 12.3. The lowest BCUT2D eigenvalue weighted by Crippen LogP contribution is -2.33. The Balaban J connectivity index is 1.74. The van der Waals surface area contributed by atoms with E-state index in [2.05, 4.69) is 23.2 Å². The molecule has 1 N–H and O–H groups in total. The number of Topliss-reactive ketones (excluding diaryl/α,β-unsaturated/α-hetero) is 1. The van der Waals surface area contributed by atoms with Crippen LogP contribution in [0.25, 0.3) is 10.9 Å². The number of hydrogen-bond donors (Lipinski definition) is 1. The summed E-state index contributed by atoms with van der Waals surface area (Å²) in [5.41, 5.74) is 3.77. The van der Waals surface area contributed by atoms with E-state index >= 15 is 0 Å². The molecule has 1 amide bonds. The number of nitrogens with zero attached hydrogens (tertiary/aromatic N) is 1. The Kier molecular flexibility index (Phi) is 3.78. The van der Waals surface area contributed by atoms with E-state index in [1.54, 1.807) is 0 Å². The average Bonchev–Trinajstić information content (AvgIpc) is 2.69. The third kappa shape index (κ3) is 2.84. The summed E-state index contributed by atoms with van der Waals surface area (Å²) < 4.78 is 0. The molecule has 0 aliphatic carbocycles. The summed E-state index contributed by atoms with van der Waals surface area (Å²) in [6.07, 6.45) is 2.43. The van der Waals surface area contributed by atoms with Gasteiger partial charge < -0.3 is 14.7 Å². The number of aromatic nitrogens is 1. The third-order valence-corrected chi connectivity index (χ3v) is 4.21. The summed E-state index contributed by atoms with van der Waals surface area (Å²) in [7, 11) is 0. The molecule has 1 aromatic carbocycles. The zero-order valence-electron chi connectivity index (χ0n) is 12.3. The number of para-hydroxylation sites is 1. The van der Waals surface area contributed by atoms with Crippen molar-refractivity contribution < 1.29 is 9.59 Å². The van der Waals surface area contributed by atoms with Crippen LogP contribution < -0.4 is 0 Å². The number of H-pyrrole nitrogens is 1. The van der Waals surface area contributed by atoms with Gasteiger partial charge in [0, 0.05) is 48.9 Å². The van der Waals surface area contributed by atoms with Crippen LogP contribution in [0.2, 0.25) is 0 Å². The van der Waals surface area contributed by atoms with Gasteiger partial charge in [0.05, 0.1) is 0 Å². The Hall–Kier alpha value is -2.10. The monoisotopic (exact) mass is 284 g/mol. The molecule has 0 unspecified atom stereocenters. The van der Waals surface area contributed by atoms with Crippen LogP contribution in [0.4, 0.5) is 0 Å². The minimum Gasteiger partial charge on any atom is -0.358 e. The number of carbonyl (C=O) groups is 2. The Morgan fingerprint density at radius 1 is 1.14 bits per heavy atom. The normalized spacial score (nSPS) is 14.8. The minimum atomic E-state index is 0.0781. The van der Waals surface area contributed by atoms with Gasteiger partial charge in [-0.15, -0.1) is 0 Å². The number of nitrogens with one attached hydrogen (secondary N) is 1. The van der Waals surface area contributed by atoms with Crippen molar-refractivity contribution in [1.82, 2.24) is 9.88 Å². The topological polar surface area (TPSA) is 53.2 Å². The van der Waals surface area contributed by atoms with Crippen molar-refractivity contribution in [3.05, 3.63) is 35.5 Å². The molecule has 1 aliphatic heterocycles. The first-order chi connectivity index (χ1) is 10.1. The number of carbonyl (C=O) groups excluding carboxylic acids is 2. The molecule has 21 heavy (non-hydrogen) atoms. The van der Waals surface area contributed by atoms with E-state index < -0.39 is 0 Å². The van der Waals surface area contributed by atoms with Crippen molar-refractivity contribution in [3.63, 3.8) is 0 Å². The van der Waals surface area contributed by atoms with Gasteiger partial charge in [0.15, 0.2) is 0 Å². The molecule has 2 aromatic rings. The molecule has 1 aromatic heterocycles. The number of amides is 1. The Labute approximate surface area is 124 Å². The van der Waals surface area contributed by atoms with E-state index in [0.717, 1.165) is 25.9 Å². The van der Waals surface area contributed by atoms with E-state index in [9.17, 15) is 9.59 Å². The van der Waals surface area contributed by atoms with Gasteiger partial charge in [0.1, 0.15) is 5.78 Å². The molecule has 0 radical (unpaired) electrons. The van der Waals surface area contributed by atoms with Crippen molar-refractivity contribution in [2.75, 3.05) is 13.1 Å². The van der Waals surface area contributed by atoms with Gasteiger partial charge in [-0.05, 0) is 25.0 Å². The highest BCUT2D eigenvalue weighted by molar-refractivity contribution is 5.86. The molecule has 1 aliphatic rings. The molecule has 4 nitrogen and oxygen atoms in total. The van der Waals surface area contributed by atoms with Gasteiger partial charge in [0.25, 0.3) is 0 Å². The molecule has 3 rings (SSSR count). The molecule has 0 saturated carbocycles.